The number of anilines is 1. The van der Waals surface area contributed by atoms with E-state index < -0.39 is 30.3 Å². The lowest BCUT2D eigenvalue weighted by molar-refractivity contribution is -0.0614. The monoisotopic (exact) mass is 483 g/mol. The summed E-state index contributed by atoms with van der Waals surface area (Å²) in [5.74, 6) is -0.286. The van der Waals surface area contributed by atoms with Gasteiger partial charge in [0.05, 0.1) is 6.10 Å². The highest BCUT2D eigenvalue weighted by Gasteiger charge is 2.36. The minimum absolute atomic E-state index is 0.101. The number of amides is 1. The van der Waals surface area contributed by atoms with Gasteiger partial charge in [-0.15, -0.1) is 0 Å². The third-order valence-corrected chi connectivity index (χ3v) is 5.95. The molecule has 10 heteroatoms. The van der Waals surface area contributed by atoms with Gasteiger partial charge in [0.25, 0.3) is 5.91 Å². The fourth-order valence-electron chi connectivity index (χ4n) is 4.05. The fourth-order valence-corrected chi connectivity index (χ4v) is 4.05. The molecule has 2 aromatic rings. The summed E-state index contributed by atoms with van der Waals surface area (Å²) in [7, 11) is 0. The van der Waals surface area contributed by atoms with Crippen LogP contribution in [0.1, 0.15) is 55.1 Å². The molecule has 186 valence electrons. The van der Waals surface area contributed by atoms with Gasteiger partial charge in [0.1, 0.15) is 30.9 Å². The second kappa shape index (κ2) is 11.8. The molecule has 1 aliphatic heterocycles. The SMILES string of the molecule is O=C(OC[C@H]1O[C@@H](n2ccc(NC(=O)c3ccccc3)nc2=O)C[C@@H]1O)OC1/C=C/CCCCC1. The lowest BCUT2D eigenvalue weighted by Crippen LogP contribution is -2.30. The van der Waals surface area contributed by atoms with Crippen molar-refractivity contribution in [2.45, 2.75) is 63.1 Å². The lowest BCUT2D eigenvalue weighted by Gasteiger charge is -2.18. The van der Waals surface area contributed by atoms with Gasteiger partial charge in [-0.05, 0) is 50.0 Å². The Hall–Kier alpha value is -3.50. The third-order valence-electron chi connectivity index (χ3n) is 5.95. The average molecular weight is 484 g/mol. The van der Waals surface area contributed by atoms with Crippen LogP contribution < -0.4 is 11.0 Å². The first-order valence-electron chi connectivity index (χ1n) is 11.8. The van der Waals surface area contributed by atoms with Crippen molar-refractivity contribution in [3.8, 4) is 0 Å². The average Bonchev–Trinajstić information content (AvgIpc) is 3.20. The minimum Gasteiger partial charge on any atom is -0.431 e. The summed E-state index contributed by atoms with van der Waals surface area (Å²) < 4.78 is 17.5. The number of carbonyl (C=O) groups is 2. The van der Waals surface area contributed by atoms with Crippen LogP contribution in [0, 0.1) is 0 Å². The van der Waals surface area contributed by atoms with Crippen LogP contribution in [-0.2, 0) is 14.2 Å². The molecule has 2 aliphatic rings. The Morgan fingerprint density at radius 1 is 1.17 bits per heavy atom. The number of carbonyl (C=O) groups excluding carboxylic acids is 2. The standard InChI is InChI=1S/C25H29N3O7/c29-19-15-22(35-20(19)16-33-25(32)34-18-11-7-2-1-3-8-12-18)28-14-13-21(27-24(28)31)26-23(30)17-9-5-4-6-10-17/h4-7,9-11,13-14,18-20,22,29H,1-3,8,12,15-16H2,(H,26,27,30,31)/b11-7+/t18?,19-,20+,22+/m0/s1. The summed E-state index contributed by atoms with van der Waals surface area (Å²) in [5, 5.41) is 12.9. The van der Waals surface area contributed by atoms with Crippen molar-refractivity contribution in [3.63, 3.8) is 0 Å². The summed E-state index contributed by atoms with van der Waals surface area (Å²) in [6, 6.07) is 10.0. The van der Waals surface area contributed by atoms with Crippen molar-refractivity contribution < 1.29 is 28.9 Å². The van der Waals surface area contributed by atoms with Crippen molar-refractivity contribution in [1.82, 2.24) is 9.55 Å². The van der Waals surface area contributed by atoms with E-state index in [-0.39, 0.29) is 30.9 Å². The maximum Gasteiger partial charge on any atom is 0.508 e. The molecule has 1 saturated heterocycles. The normalized spacial score (nSPS) is 25.2. The number of ether oxygens (including phenoxy) is 3. The van der Waals surface area contributed by atoms with Gasteiger partial charge in [-0.3, -0.25) is 9.36 Å². The molecular formula is C25H29N3O7. The molecule has 35 heavy (non-hydrogen) atoms. The Kier molecular flexibility index (Phi) is 8.27. The van der Waals surface area contributed by atoms with Crippen LogP contribution in [0.2, 0.25) is 0 Å². The summed E-state index contributed by atoms with van der Waals surface area (Å²) in [5.41, 5.74) is -0.210. The second-order valence-corrected chi connectivity index (χ2v) is 8.54. The van der Waals surface area contributed by atoms with Gasteiger partial charge < -0.3 is 24.6 Å². The van der Waals surface area contributed by atoms with Gasteiger partial charge in [-0.25, -0.2) is 9.59 Å². The van der Waals surface area contributed by atoms with Gasteiger partial charge in [0.2, 0.25) is 0 Å². The zero-order valence-electron chi connectivity index (χ0n) is 19.2. The van der Waals surface area contributed by atoms with E-state index in [0.717, 1.165) is 32.1 Å². The fraction of sp³-hybridized carbons (Fsp3) is 0.440. The van der Waals surface area contributed by atoms with Gasteiger partial charge in [0.15, 0.2) is 0 Å². The molecule has 0 bridgehead atoms. The largest absolute Gasteiger partial charge is 0.508 e. The third kappa shape index (κ3) is 6.77. The van der Waals surface area contributed by atoms with E-state index in [1.807, 2.05) is 12.2 Å². The van der Waals surface area contributed by atoms with Crippen molar-refractivity contribution in [2.24, 2.45) is 0 Å². The molecule has 10 nitrogen and oxygen atoms in total. The molecule has 2 heterocycles. The van der Waals surface area contributed by atoms with Crippen molar-refractivity contribution in [3.05, 3.63) is 70.8 Å². The molecule has 1 aromatic carbocycles. The molecular weight excluding hydrogens is 454 g/mol. The molecule has 0 spiro atoms. The first kappa shape index (κ1) is 24.6. The van der Waals surface area contributed by atoms with Crippen LogP contribution in [0.3, 0.4) is 0 Å². The summed E-state index contributed by atoms with van der Waals surface area (Å²) in [4.78, 5) is 40.8. The maximum atomic E-state index is 12.5. The highest BCUT2D eigenvalue weighted by molar-refractivity contribution is 6.03. The predicted molar refractivity (Wildman–Crippen MR) is 126 cm³/mol. The van der Waals surface area contributed by atoms with E-state index in [0.29, 0.717) is 5.56 Å². The Morgan fingerprint density at radius 2 is 2.00 bits per heavy atom. The van der Waals surface area contributed by atoms with E-state index in [4.69, 9.17) is 14.2 Å². The van der Waals surface area contributed by atoms with E-state index in [1.54, 1.807) is 30.3 Å². The second-order valence-electron chi connectivity index (χ2n) is 8.54. The van der Waals surface area contributed by atoms with Crippen LogP contribution in [0.5, 0.6) is 0 Å². The molecule has 1 fully saturated rings. The Labute approximate surface area is 202 Å². The van der Waals surface area contributed by atoms with Crippen LogP contribution in [0.4, 0.5) is 10.6 Å². The number of hydrogen-bond acceptors (Lipinski definition) is 8. The quantitative estimate of drug-likeness (QED) is 0.473. The van der Waals surface area contributed by atoms with Crippen molar-refractivity contribution in [1.29, 1.82) is 0 Å². The molecule has 1 aliphatic carbocycles. The maximum absolute atomic E-state index is 12.5. The number of hydrogen-bond donors (Lipinski definition) is 2. The molecule has 1 amide bonds. The number of aliphatic hydroxyl groups excluding tert-OH is 1. The predicted octanol–water partition coefficient (Wildman–Crippen LogP) is 3.19. The molecule has 4 rings (SSSR count). The van der Waals surface area contributed by atoms with Crippen molar-refractivity contribution >= 4 is 17.9 Å². The first-order chi connectivity index (χ1) is 17.0. The van der Waals surface area contributed by atoms with Gasteiger partial charge in [0, 0.05) is 18.2 Å². The molecule has 1 unspecified atom stereocenters. The van der Waals surface area contributed by atoms with Gasteiger partial charge in [-0.2, -0.15) is 4.98 Å². The number of benzene rings is 1. The van der Waals surface area contributed by atoms with Crippen LogP contribution in [0.25, 0.3) is 0 Å². The molecule has 1 aromatic heterocycles. The van der Waals surface area contributed by atoms with Gasteiger partial charge >= 0.3 is 11.8 Å². The van der Waals surface area contributed by atoms with E-state index in [1.165, 1.54) is 16.8 Å². The first-order valence-corrected chi connectivity index (χ1v) is 11.8. The van der Waals surface area contributed by atoms with Crippen LogP contribution >= 0.6 is 0 Å². The number of aromatic nitrogens is 2. The highest BCUT2D eigenvalue weighted by atomic mass is 16.7. The topological polar surface area (TPSA) is 129 Å². The molecule has 4 atom stereocenters. The number of rotatable bonds is 6. The Bertz CT molecular complexity index is 1100. The zero-order valence-corrected chi connectivity index (χ0v) is 19.2. The number of nitrogens with zero attached hydrogens (tertiary/aromatic N) is 2. The molecule has 0 saturated carbocycles. The number of aliphatic hydroxyl groups is 1. The Balaban J connectivity index is 1.29. The van der Waals surface area contributed by atoms with E-state index >= 15 is 0 Å². The van der Waals surface area contributed by atoms with Crippen LogP contribution in [0.15, 0.2) is 59.5 Å². The summed E-state index contributed by atoms with van der Waals surface area (Å²) in [6.07, 6.45) is 6.66. The lowest BCUT2D eigenvalue weighted by atomic mass is 10.0. The van der Waals surface area contributed by atoms with E-state index in [2.05, 4.69) is 10.3 Å². The van der Waals surface area contributed by atoms with Gasteiger partial charge in [-0.1, -0.05) is 30.7 Å². The van der Waals surface area contributed by atoms with Crippen LogP contribution in [-0.4, -0.2) is 51.6 Å². The Morgan fingerprint density at radius 3 is 2.80 bits per heavy atom. The zero-order chi connectivity index (χ0) is 24.6. The molecule has 0 radical (unpaired) electrons. The summed E-state index contributed by atoms with van der Waals surface area (Å²) >= 11 is 0. The smallest absolute Gasteiger partial charge is 0.431 e. The molecule has 2 N–H and O–H groups in total. The number of nitrogens with one attached hydrogen (secondary N) is 1. The highest BCUT2D eigenvalue weighted by Crippen LogP contribution is 2.28. The summed E-state index contributed by atoms with van der Waals surface area (Å²) in [6.45, 7) is -0.208. The van der Waals surface area contributed by atoms with Crippen molar-refractivity contribution in [2.75, 3.05) is 11.9 Å². The van der Waals surface area contributed by atoms with E-state index in [9.17, 15) is 19.5 Å². The minimum atomic E-state index is -0.946. The number of allylic oxidation sites excluding steroid dienone is 1.